The second-order valence-corrected chi connectivity index (χ2v) is 11.4. The minimum Gasteiger partial charge on any atom is -0.252 e. The van der Waals surface area contributed by atoms with Crippen LogP contribution in [0.5, 0.6) is 0 Å². The average molecular weight is 619 g/mol. The second kappa shape index (κ2) is 12.4. The molecule has 0 aliphatic carbocycles. The van der Waals surface area contributed by atoms with Gasteiger partial charge in [0.05, 0.1) is 37.9 Å². The summed E-state index contributed by atoms with van der Waals surface area (Å²) in [4.78, 5) is 27.4. The molecule has 0 unspecified atom stereocenters. The molecular formula is C25H26N14O2S2. The molecule has 0 saturated heterocycles. The second-order valence-electron chi connectivity index (χ2n) is 9.42. The van der Waals surface area contributed by atoms with Crippen molar-refractivity contribution >= 4 is 35.1 Å². The van der Waals surface area contributed by atoms with E-state index in [9.17, 15) is 9.59 Å². The Labute approximate surface area is 251 Å². The molecule has 0 saturated carbocycles. The third-order valence-corrected chi connectivity index (χ3v) is 7.82. The molecule has 16 nitrogen and oxygen atoms in total. The summed E-state index contributed by atoms with van der Waals surface area (Å²) in [6, 6.07) is 7.68. The molecule has 18 heteroatoms. The molecule has 0 aromatic carbocycles. The molecule has 43 heavy (non-hydrogen) atoms. The van der Waals surface area contributed by atoms with Gasteiger partial charge in [-0.05, 0) is 43.2 Å². The summed E-state index contributed by atoms with van der Waals surface area (Å²) in [6.45, 7) is 4.99. The van der Waals surface area contributed by atoms with Crippen LogP contribution in [0.1, 0.15) is 39.2 Å². The Morgan fingerprint density at radius 2 is 1.21 bits per heavy atom. The third-order valence-electron chi connectivity index (χ3n) is 6.21. The van der Waals surface area contributed by atoms with E-state index in [4.69, 9.17) is 0 Å². The van der Waals surface area contributed by atoms with Crippen molar-refractivity contribution in [1.29, 1.82) is 0 Å². The number of rotatable bonds is 12. The van der Waals surface area contributed by atoms with Gasteiger partial charge in [0.1, 0.15) is 11.4 Å². The lowest BCUT2D eigenvalue weighted by Gasteiger charge is -2.00. The summed E-state index contributed by atoms with van der Waals surface area (Å²) in [5, 5.41) is 37.7. The van der Waals surface area contributed by atoms with Gasteiger partial charge in [0.25, 0.3) is 0 Å². The molecule has 0 amide bonds. The van der Waals surface area contributed by atoms with Gasteiger partial charge in [0.2, 0.25) is 0 Å². The molecule has 6 aromatic heterocycles. The highest BCUT2D eigenvalue weighted by atomic mass is 32.1. The van der Waals surface area contributed by atoms with E-state index < -0.39 is 0 Å². The van der Waals surface area contributed by atoms with Crippen molar-refractivity contribution in [2.75, 3.05) is 0 Å². The van der Waals surface area contributed by atoms with Gasteiger partial charge >= 0.3 is 11.4 Å². The fraction of sp³-hybridized carbons (Fsp3) is 0.280. The van der Waals surface area contributed by atoms with E-state index in [1.165, 1.54) is 41.4 Å². The third kappa shape index (κ3) is 6.54. The van der Waals surface area contributed by atoms with Crippen molar-refractivity contribution in [3.05, 3.63) is 101 Å². The van der Waals surface area contributed by atoms with Crippen LogP contribution in [0.25, 0.3) is 0 Å². The number of hydrogen-bond donors (Lipinski definition) is 0. The molecule has 0 bridgehead atoms. The summed E-state index contributed by atoms with van der Waals surface area (Å²) in [6.07, 6.45) is 7.56. The van der Waals surface area contributed by atoms with Crippen molar-refractivity contribution in [1.82, 2.24) is 58.9 Å². The van der Waals surface area contributed by atoms with Crippen LogP contribution in [0.15, 0.2) is 67.2 Å². The van der Waals surface area contributed by atoms with Crippen LogP contribution in [0.2, 0.25) is 0 Å². The minimum absolute atomic E-state index is 0.182. The first-order chi connectivity index (χ1) is 20.9. The lowest BCUT2D eigenvalue weighted by Crippen LogP contribution is -2.23. The smallest absolute Gasteiger partial charge is 0.252 e. The average Bonchev–Trinajstić information content (AvgIpc) is 3.83. The number of aromatic nitrogens is 12. The SMILES string of the molecule is Cc1nn(Cc2cn(CCCn3cc(Cn4nc(C)n(/N=C/c5cccs5)c4=O)nn3)nn2)c(=O)n1/N=C/c1cccs1. The maximum Gasteiger partial charge on any atom is 0.367 e. The predicted octanol–water partition coefficient (Wildman–Crippen LogP) is 1.28. The molecule has 6 rings (SSSR count). The Kier molecular flexibility index (Phi) is 8.09. The lowest BCUT2D eigenvalue weighted by atomic mass is 10.4. The predicted molar refractivity (Wildman–Crippen MR) is 160 cm³/mol. The van der Waals surface area contributed by atoms with E-state index in [0.717, 1.165) is 9.75 Å². The largest absolute Gasteiger partial charge is 0.367 e. The van der Waals surface area contributed by atoms with Gasteiger partial charge < -0.3 is 0 Å². The molecule has 0 spiro atoms. The van der Waals surface area contributed by atoms with Crippen molar-refractivity contribution in [3.63, 3.8) is 0 Å². The van der Waals surface area contributed by atoms with E-state index in [-0.39, 0.29) is 24.5 Å². The lowest BCUT2D eigenvalue weighted by molar-refractivity contribution is 0.484. The number of hydrogen-bond acceptors (Lipinski definition) is 12. The van der Waals surface area contributed by atoms with E-state index in [0.29, 0.717) is 42.5 Å². The molecule has 6 aromatic rings. The summed E-state index contributed by atoms with van der Waals surface area (Å²) >= 11 is 3.07. The van der Waals surface area contributed by atoms with Gasteiger partial charge in [-0.15, -0.1) is 32.9 Å². The van der Waals surface area contributed by atoms with Crippen LogP contribution < -0.4 is 11.4 Å². The fourth-order valence-electron chi connectivity index (χ4n) is 4.19. The van der Waals surface area contributed by atoms with Crippen molar-refractivity contribution in [2.24, 2.45) is 10.2 Å². The van der Waals surface area contributed by atoms with Crippen molar-refractivity contribution < 1.29 is 0 Å². The molecule has 220 valence electrons. The van der Waals surface area contributed by atoms with Gasteiger partial charge in [-0.3, -0.25) is 9.36 Å². The van der Waals surface area contributed by atoms with E-state index in [2.05, 4.69) is 41.0 Å². The standard InChI is InChI=1S/C25H26N14O2S2/c1-18-30-36(24(40)38(18)26-12-22-6-3-10-42-22)16-20-14-34(32-28-20)8-5-9-35-15-21(29-33-35)17-37-25(41)39(19(2)31-37)27-13-23-7-4-11-43-23/h3-4,6-7,10-15H,5,8-9,16-17H2,1-2H3/b26-12+,27-13+. The summed E-state index contributed by atoms with van der Waals surface area (Å²) < 4.78 is 8.59. The van der Waals surface area contributed by atoms with E-state index >= 15 is 0 Å². The van der Waals surface area contributed by atoms with Gasteiger partial charge in [-0.2, -0.15) is 29.8 Å². The Morgan fingerprint density at radius 1 is 0.744 bits per heavy atom. The molecule has 0 radical (unpaired) electrons. The summed E-state index contributed by atoms with van der Waals surface area (Å²) in [5.41, 5.74) is 0.517. The Hall–Kier alpha value is -5.10. The molecular weight excluding hydrogens is 593 g/mol. The highest BCUT2D eigenvalue weighted by molar-refractivity contribution is 7.12. The van der Waals surface area contributed by atoms with Crippen LogP contribution in [-0.2, 0) is 26.2 Å². The zero-order valence-electron chi connectivity index (χ0n) is 23.2. The monoisotopic (exact) mass is 618 g/mol. The maximum absolute atomic E-state index is 12.8. The first-order valence-electron chi connectivity index (χ1n) is 13.2. The number of aryl methyl sites for hydroxylation is 4. The zero-order chi connectivity index (χ0) is 29.8. The molecule has 0 aliphatic rings. The number of nitrogens with zero attached hydrogens (tertiary/aromatic N) is 14. The highest BCUT2D eigenvalue weighted by Gasteiger charge is 2.13. The summed E-state index contributed by atoms with van der Waals surface area (Å²) in [7, 11) is 0. The summed E-state index contributed by atoms with van der Waals surface area (Å²) in [5.74, 6) is 0.960. The van der Waals surface area contributed by atoms with Crippen LogP contribution in [0.3, 0.4) is 0 Å². The molecule has 0 aliphatic heterocycles. The molecule has 0 N–H and O–H groups in total. The molecule has 0 fully saturated rings. The Morgan fingerprint density at radius 3 is 1.63 bits per heavy atom. The topological polar surface area (TPSA) is 166 Å². The maximum atomic E-state index is 12.8. The number of thiophene rings is 2. The van der Waals surface area contributed by atoms with Gasteiger partial charge in [0.15, 0.2) is 11.6 Å². The van der Waals surface area contributed by atoms with Gasteiger partial charge in [-0.1, -0.05) is 22.6 Å². The van der Waals surface area contributed by atoms with Crippen LogP contribution >= 0.6 is 22.7 Å². The van der Waals surface area contributed by atoms with Crippen LogP contribution in [0.4, 0.5) is 0 Å². The zero-order valence-corrected chi connectivity index (χ0v) is 24.8. The van der Waals surface area contributed by atoms with Crippen molar-refractivity contribution in [3.8, 4) is 0 Å². The Bertz CT molecular complexity index is 1840. The fourth-order valence-corrected chi connectivity index (χ4v) is 5.35. The van der Waals surface area contributed by atoms with Gasteiger partial charge in [0, 0.05) is 22.8 Å². The quantitative estimate of drug-likeness (QED) is 0.185. The first-order valence-corrected chi connectivity index (χ1v) is 15.0. The van der Waals surface area contributed by atoms with Gasteiger partial charge in [-0.25, -0.2) is 19.0 Å². The molecule has 0 atom stereocenters. The highest BCUT2D eigenvalue weighted by Crippen LogP contribution is 2.07. The van der Waals surface area contributed by atoms with Crippen molar-refractivity contribution in [2.45, 2.75) is 46.4 Å². The molecule has 6 heterocycles. The normalized spacial score (nSPS) is 12.0. The van der Waals surface area contributed by atoms with E-state index in [1.807, 2.05) is 35.0 Å². The van der Waals surface area contributed by atoms with Crippen LogP contribution in [0, 0.1) is 13.8 Å². The first kappa shape index (κ1) is 28.0. The van der Waals surface area contributed by atoms with E-state index in [1.54, 1.807) is 48.0 Å². The minimum atomic E-state index is -0.350. The van der Waals surface area contributed by atoms with Crippen LogP contribution in [-0.4, -0.2) is 71.3 Å². The Balaban J connectivity index is 1.01.